The van der Waals surface area contributed by atoms with Gasteiger partial charge in [0, 0.05) is 33.2 Å². The fraction of sp³-hybridized carbons (Fsp3) is 0.917. The van der Waals surface area contributed by atoms with Crippen molar-refractivity contribution in [3.63, 3.8) is 0 Å². The molecule has 19 heavy (non-hydrogen) atoms. The van der Waals surface area contributed by atoms with Crippen LogP contribution in [-0.2, 0) is 10.0 Å². The maximum absolute atomic E-state index is 11.0. The minimum absolute atomic E-state index is 0.372. The monoisotopic (exact) mass is 290 g/mol. The van der Waals surface area contributed by atoms with Crippen molar-refractivity contribution >= 4 is 16.0 Å². The Morgan fingerprint density at radius 2 is 1.84 bits per heavy atom. The van der Waals surface area contributed by atoms with Crippen molar-refractivity contribution in [1.29, 1.82) is 0 Å². The molecular formula is C12H26N4O2S. The highest BCUT2D eigenvalue weighted by Gasteiger charge is 2.23. The lowest BCUT2D eigenvalue weighted by molar-refractivity contribution is 0.208. The molecule has 6 nitrogen and oxygen atoms in total. The van der Waals surface area contributed by atoms with Crippen molar-refractivity contribution in [2.75, 3.05) is 39.5 Å². The SMILES string of the molecule is CN=C(NCCNS(C)(=O)=O)N1CC(C)CC(C)C1. The zero-order valence-corrected chi connectivity index (χ0v) is 13.1. The Labute approximate surface area is 116 Å². The van der Waals surface area contributed by atoms with Gasteiger partial charge in [0.25, 0.3) is 0 Å². The Morgan fingerprint density at radius 1 is 1.26 bits per heavy atom. The van der Waals surface area contributed by atoms with E-state index in [0.29, 0.717) is 24.9 Å². The van der Waals surface area contributed by atoms with Gasteiger partial charge in [-0.05, 0) is 18.3 Å². The van der Waals surface area contributed by atoms with Crippen LogP contribution in [0.2, 0.25) is 0 Å². The Bertz CT molecular complexity index is 398. The van der Waals surface area contributed by atoms with Gasteiger partial charge in [-0.15, -0.1) is 0 Å². The minimum atomic E-state index is -3.11. The number of hydrogen-bond acceptors (Lipinski definition) is 3. The van der Waals surface area contributed by atoms with Crippen molar-refractivity contribution in [3.8, 4) is 0 Å². The van der Waals surface area contributed by atoms with E-state index in [9.17, 15) is 8.42 Å². The lowest BCUT2D eigenvalue weighted by Crippen LogP contribution is -2.49. The molecule has 2 N–H and O–H groups in total. The molecule has 1 heterocycles. The van der Waals surface area contributed by atoms with Gasteiger partial charge in [0.1, 0.15) is 0 Å². The second kappa shape index (κ2) is 7.09. The quantitative estimate of drug-likeness (QED) is 0.437. The highest BCUT2D eigenvalue weighted by Crippen LogP contribution is 2.20. The van der Waals surface area contributed by atoms with Crippen molar-refractivity contribution in [2.24, 2.45) is 16.8 Å². The number of guanidine groups is 1. The second-order valence-corrected chi connectivity index (χ2v) is 7.32. The van der Waals surface area contributed by atoms with Crippen molar-refractivity contribution in [2.45, 2.75) is 20.3 Å². The molecule has 2 unspecified atom stereocenters. The van der Waals surface area contributed by atoms with Gasteiger partial charge in [-0.2, -0.15) is 0 Å². The average molecular weight is 290 g/mol. The standard InChI is InChI=1S/C12H26N4O2S/c1-10-7-11(2)9-16(8-10)12(13-3)14-5-6-15-19(4,17)18/h10-11,15H,5-9H2,1-4H3,(H,13,14). The minimum Gasteiger partial charge on any atom is -0.355 e. The van der Waals surface area contributed by atoms with E-state index in [2.05, 4.69) is 33.8 Å². The molecule has 0 aromatic carbocycles. The molecule has 0 bridgehead atoms. The summed E-state index contributed by atoms with van der Waals surface area (Å²) in [5.74, 6) is 2.18. The Kier molecular flexibility index (Phi) is 6.06. The summed E-state index contributed by atoms with van der Waals surface area (Å²) in [5.41, 5.74) is 0. The van der Waals surface area contributed by atoms with Crippen LogP contribution in [0, 0.1) is 11.8 Å². The summed E-state index contributed by atoms with van der Waals surface area (Å²) in [6, 6.07) is 0. The van der Waals surface area contributed by atoms with Crippen molar-refractivity contribution < 1.29 is 8.42 Å². The van der Waals surface area contributed by atoms with E-state index in [1.54, 1.807) is 7.05 Å². The summed E-state index contributed by atoms with van der Waals surface area (Å²) in [7, 11) is -1.35. The van der Waals surface area contributed by atoms with Gasteiger partial charge in [0.05, 0.1) is 6.26 Å². The summed E-state index contributed by atoms with van der Waals surface area (Å²) in [6.45, 7) is 7.42. The van der Waals surface area contributed by atoms with E-state index in [1.165, 1.54) is 6.42 Å². The van der Waals surface area contributed by atoms with E-state index in [4.69, 9.17) is 0 Å². The second-order valence-electron chi connectivity index (χ2n) is 5.49. The Hall–Kier alpha value is -0.820. The normalized spacial score (nSPS) is 25.5. The van der Waals surface area contributed by atoms with Crippen LogP contribution in [0.25, 0.3) is 0 Å². The number of nitrogens with zero attached hydrogens (tertiary/aromatic N) is 2. The highest BCUT2D eigenvalue weighted by atomic mass is 32.2. The Balaban J connectivity index is 2.41. The molecule has 1 aliphatic rings. The zero-order valence-electron chi connectivity index (χ0n) is 12.3. The molecule has 0 amide bonds. The molecular weight excluding hydrogens is 264 g/mol. The van der Waals surface area contributed by atoms with Gasteiger partial charge in [0.15, 0.2) is 5.96 Å². The highest BCUT2D eigenvalue weighted by molar-refractivity contribution is 7.88. The summed E-state index contributed by atoms with van der Waals surface area (Å²) < 4.78 is 24.4. The van der Waals surface area contributed by atoms with Crippen LogP contribution in [0.15, 0.2) is 4.99 Å². The number of sulfonamides is 1. The lowest BCUT2D eigenvalue weighted by atomic mass is 9.92. The first-order chi connectivity index (χ1) is 8.81. The summed E-state index contributed by atoms with van der Waals surface area (Å²) in [6.07, 6.45) is 2.42. The molecule has 0 saturated carbocycles. The van der Waals surface area contributed by atoms with Crippen LogP contribution in [0.1, 0.15) is 20.3 Å². The molecule has 112 valence electrons. The van der Waals surface area contributed by atoms with Crippen LogP contribution in [0.4, 0.5) is 0 Å². The van der Waals surface area contributed by atoms with Crippen LogP contribution >= 0.6 is 0 Å². The molecule has 0 spiro atoms. The third kappa shape index (κ3) is 6.24. The molecule has 0 aromatic rings. The molecule has 1 fully saturated rings. The smallest absolute Gasteiger partial charge is 0.208 e. The summed E-state index contributed by atoms with van der Waals surface area (Å²) in [5, 5.41) is 3.20. The van der Waals surface area contributed by atoms with Gasteiger partial charge in [-0.1, -0.05) is 13.8 Å². The molecule has 1 aliphatic heterocycles. The fourth-order valence-corrected chi connectivity index (χ4v) is 3.05. The molecule has 7 heteroatoms. The van der Waals surface area contributed by atoms with Crippen LogP contribution in [0.5, 0.6) is 0 Å². The number of rotatable bonds is 4. The predicted molar refractivity (Wildman–Crippen MR) is 78.7 cm³/mol. The summed E-state index contributed by atoms with van der Waals surface area (Å²) in [4.78, 5) is 6.52. The number of likely N-dealkylation sites (tertiary alicyclic amines) is 1. The zero-order chi connectivity index (χ0) is 14.5. The van der Waals surface area contributed by atoms with Gasteiger partial charge in [-0.25, -0.2) is 13.1 Å². The van der Waals surface area contributed by atoms with Gasteiger partial charge in [0.2, 0.25) is 10.0 Å². The molecule has 0 aromatic heterocycles. The maximum atomic E-state index is 11.0. The molecule has 1 saturated heterocycles. The average Bonchev–Trinajstić information content (AvgIpc) is 2.26. The Morgan fingerprint density at radius 3 is 2.32 bits per heavy atom. The number of nitrogens with one attached hydrogen (secondary N) is 2. The van der Waals surface area contributed by atoms with E-state index in [-0.39, 0.29) is 0 Å². The largest absolute Gasteiger partial charge is 0.355 e. The van der Waals surface area contributed by atoms with Crippen LogP contribution in [0.3, 0.4) is 0 Å². The topological polar surface area (TPSA) is 73.8 Å². The first-order valence-electron chi connectivity index (χ1n) is 6.72. The lowest BCUT2D eigenvalue weighted by Gasteiger charge is -2.37. The van der Waals surface area contributed by atoms with E-state index in [0.717, 1.165) is 25.3 Å². The molecule has 0 radical (unpaired) electrons. The van der Waals surface area contributed by atoms with E-state index < -0.39 is 10.0 Å². The van der Waals surface area contributed by atoms with Crippen molar-refractivity contribution in [1.82, 2.24) is 14.9 Å². The first kappa shape index (κ1) is 16.2. The van der Waals surface area contributed by atoms with E-state index >= 15 is 0 Å². The number of hydrogen-bond donors (Lipinski definition) is 2. The molecule has 1 rings (SSSR count). The molecule has 2 atom stereocenters. The number of aliphatic imine (C=N–C) groups is 1. The van der Waals surface area contributed by atoms with Gasteiger partial charge in [-0.3, -0.25) is 4.99 Å². The number of piperidine rings is 1. The molecule has 0 aliphatic carbocycles. The van der Waals surface area contributed by atoms with Crippen LogP contribution in [-0.4, -0.2) is 58.8 Å². The van der Waals surface area contributed by atoms with E-state index in [1.807, 2.05) is 0 Å². The maximum Gasteiger partial charge on any atom is 0.208 e. The third-order valence-corrected chi connectivity index (χ3v) is 3.88. The fourth-order valence-electron chi connectivity index (χ4n) is 2.58. The van der Waals surface area contributed by atoms with Gasteiger partial charge < -0.3 is 10.2 Å². The van der Waals surface area contributed by atoms with Gasteiger partial charge >= 0.3 is 0 Å². The third-order valence-electron chi connectivity index (χ3n) is 3.15. The van der Waals surface area contributed by atoms with Crippen molar-refractivity contribution in [3.05, 3.63) is 0 Å². The predicted octanol–water partition coefficient (Wildman–Crippen LogP) is 0.0889. The summed E-state index contributed by atoms with van der Waals surface area (Å²) >= 11 is 0. The first-order valence-corrected chi connectivity index (χ1v) is 8.61. The van der Waals surface area contributed by atoms with Crippen LogP contribution < -0.4 is 10.0 Å².